The van der Waals surface area contributed by atoms with Crippen molar-refractivity contribution < 1.29 is 14.3 Å². The maximum atomic E-state index is 13.6. The number of halogens is 1. The Kier molecular flexibility index (Phi) is 3.92. The van der Waals surface area contributed by atoms with E-state index in [0.717, 1.165) is 17.1 Å². The summed E-state index contributed by atoms with van der Waals surface area (Å²) in [4.78, 5) is 20.8. The van der Waals surface area contributed by atoms with E-state index in [9.17, 15) is 14.3 Å². The number of pyridine rings is 1. The predicted octanol–water partition coefficient (Wildman–Crippen LogP) is 2.38. The zero-order valence-corrected chi connectivity index (χ0v) is 14.0. The summed E-state index contributed by atoms with van der Waals surface area (Å²) in [5.41, 5.74) is 2.15. The number of benzene rings is 1. The van der Waals surface area contributed by atoms with E-state index in [4.69, 9.17) is 0 Å². The van der Waals surface area contributed by atoms with Gasteiger partial charge in [0, 0.05) is 42.6 Å². The molecular formula is C19H20FN3O2. The second-order valence-corrected chi connectivity index (χ2v) is 6.78. The molecule has 0 aliphatic carbocycles. The van der Waals surface area contributed by atoms with Gasteiger partial charge in [0.25, 0.3) is 0 Å². The molecule has 1 aromatic heterocycles. The lowest BCUT2D eigenvalue weighted by Gasteiger charge is -2.29. The van der Waals surface area contributed by atoms with Crippen LogP contribution in [0.3, 0.4) is 0 Å². The number of aromatic nitrogens is 1. The first kappa shape index (κ1) is 16.0. The average molecular weight is 341 g/mol. The zero-order valence-electron chi connectivity index (χ0n) is 14.0. The van der Waals surface area contributed by atoms with Crippen molar-refractivity contribution in [3.8, 4) is 0 Å². The van der Waals surface area contributed by atoms with Crippen LogP contribution in [0.25, 0.3) is 0 Å². The van der Waals surface area contributed by atoms with Gasteiger partial charge < -0.3 is 14.9 Å². The minimum absolute atomic E-state index is 0.107. The molecule has 2 aliphatic rings. The molecule has 1 N–H and O–H groups in total. The van der Waals surface area contributed by atoms with Crippen LogP contribution in [0.1, 0.15) is 29.3 Å². The molecule has 2 aliphatic heterocycles. The Labute approximate surface area is 145 Å². The second kappa shape index (κ2) is 6.11. The van der Waals surface area contributed by atoms with Crippen molar-refractivity contribution in [3.05, 3.63) is 53.5 Å². The van der Waals surface area contributed by atoms with Crippen molar-refractivity contribution in [2.45, 2.75) is 32.0 Å². The standard InChI is InChI=1S/C19H20FN3O2/c1-12(24)17-7-14(20)4-5-18(17)22-9-13-3-2-6-21-19(13)23-11-16(25)8-15(23)10-22/h2-7,15-16,25H,8-11H2,1H3/t15-,16+/m0/s1. The number of carbonyl (C=O) groups is 1. The Bertz CT molecular complexity index is 826. The molecule has 3 heterocycles. The van der Waals surface area contributed by atoms with Gasteiger partial charge in [-0.3, -0.25) is 4.79 Å². The van der Waals surface area contributed by atoms with Crippen molar-refractivity contribution in [3.63, 3.8) is 0 Å². The van der Waals surface area contributed by atoms with E-state index in [-0.39, 0.29) is 17.9 Å². The third-order valence-electron chi connectivity index (χ3n) is 5.00. The minimum atomic E-state index is -0.413. The monoisotopic (exact) mass is 341 g/mol. The van der Waals surface area contributed by atoms with Crippen molar-refractivity contribution in [2.75, 3.05) is 22.9 Å². The SMILES string of the molecule is CC(=O)c1cc(F)ccc1N1Cc2cccnc2N2C[C@H](O)C[C@H]2C1. The summed E-state index contributed by atoms with van der Waals surface area (Å²) in [6.45, 7) is 3.26. The van der Waals surface area contributed by atoms with Crippen LogP contribution >= 0.6 is 0 Å². The highest BCUT2D eigenvalue weighted by atomic mass is 19.1. The number of carbonyl (C=O) groups excluding carboxylic acids is 1. The number of nitrogens with zero attached hydrogens (tertiary/aromatic N) is 3. The summed E-state index contributed by atoms with van der Waals surface area (Å²) in [5.74, 6) is 0.315. The molecular weight excluding hydrogens is 321 g/mol. The van der Waals surface area contributed by atoms with Crippen LogP contribution in [-0.2, 0) is 6.54 Å². The third-order valence-corrected chi connectivity index (χ3v) is 5.00. The maximum absolute atomic E-state index is 13.6. The third kappa shape index (κ3) is 2.87. The molecule has 130 valence electrons. The molecule has 0 bridgehead atoms. The summed E-state index contributed by atoms with van der Waals surface area (Å²) in [6, 6.07) is 8.37. The smallest absolute Gasteiger partial charge is 0.161 e. The van der Waals surface area contributed by atoms with Gasteiger partial charge in [0.2, 0.25) is 0 Å². The quantitative estimate of drug-likeness (QED) is 0.850. The van der Waals surface area contributed by atoms with Gasteiger partial charge >= 0.3 is 0 Å². The highest BCUT2D eigenvalue weighted by Crippen LogP contribution is 2.34. The Morgan fingerprint density at radius 2 is 2.16 bits per heavy atom. The number of aliphatic hydroxyl groups excluding tert-OH is 1. The number of anilines is 2. The van der Waals surface area contributed by atoms with E-state index in [1.54, 1.807) is 12.3 Å². The summed E-state index contributed by atoms with van der Waals surface area (Å²) in [6.07, 6.45) is 2.03. The van der Waals surface area contributed by atoms with Crippen LogP contribution in [0.15, 0.2) is 36.5 Å². The van der Waals surface area contributed by atoms with Crippen LogP contribution in [0.2, 0.25) is 0 Å². The fourth-order valence-corrected chi connectivity index (χ4v) is 3.91. The molecule has 1 aromatic carbocycles. The first-order valence-corrected chi connectivity index (χ1v) is 8.47. The van der Waals surface area contributed by atoms with E-state index in [2.05, 4.69) is 14.8 Å². The van der Waals surface area contributed by atoms with Gasteiger partial charge in [0.1, 0.15) is 11.6 Å². The Morgan fingerprint density at radius 1 is 1.32 bits per heavy atom. The van der Waals surface area contributed by atoms with Crippen molar-refractivity contribution in [1.29, 1.82) is 0 Å². The number of Topliss-reactive ketones (excluding diaryl/α,β-unsaturated/α-hetero) is 1. The molecule has 2 aromatic rings. The number of rotatable bonds is 2. The lowest BCUT2D eigenvalue weighted by Crippen LogP contribution is -2.38. The number of aliphatic hydroxyl groups is 1. The highest BCUT2D eigenvalue weighted by molar-refractivity contribution is 5.99. The van der Waals surface area contributed by atoms with E-state index >= 15 is 0 Å². The van der Waals surface area contributed by atoms with E-state index in [1.165, 1.54) is 19.1 Å². The molecule has 0 radical (unpaired) electrons. The lowest BCUT2D eigenvalue weighted by atomic mass is 10.1. The normalized spacial score (nSPS) is 22.4. The molecule has 2 atom stereocenters. The minimum Gasteiger partial charge on any atom is -0.391 e. The van der Waals surface area contributed by atoms with Crippen molar-refractivity contribution in [1.82, 2.24) is 4.98 Å². The van der Waals surface area contributed by atoms with Gasteiger partial charge in [0.05, 0.1) is 12.1 Å². The molecule has 0 amide bonds. The second-order valence-electron chi connectivity index (χ2n) is 6.78. The van der Waals surface area contributed by atoms with Crippen LogP contribution in [0.5, 0.6) is 0 Å². The molecule has 5 nitrogen and oxygen atoms in total. The van der Waals surface area contributed by atoms with E-state index < -0.39 is 5.82 Å². The molecule has 4 rings (SSSR count). The maximum Gasteiger partial charge on any atom is 0.161 e. The molecule has 6 heteroatoms. The van der Waals surface area contributed by atoms with Gasteiger partial charge in [-0.2, -0.15) is 0 Å². The average Bonchev–Trinajstić information content (AvgIpc) is 2.87. The first-order chi connectivity index (χ1) is 12.0. The number of ketones is 1. The van der Waals surface area contributed by atoms with E-state index in [0.29, 0.717) is 31.6 Å². The fraction of sp³-hybridized carbons (Fsp3) is 0.368. The van der Waals surface area contributed by atoms with Gasteiger partial charge in [-0.05, 0) is 37.6 Å². The lowest BCUT2D eigenvalue weighted by molar-refractivity contribution is 0.101. The first-order valence-electron chi connectivity index (χ1n) is 8.47. The topological polar surface area (TPSA) is 56.7 Å². The number of hydrogen-bond donors (Lipinski definition) is 1. The number of fused-ring (bicyclic) bond motifs is 3. The number of hydrogen-bond acceptors (Lipinski definition) is 5. The summed E-state index contributed by atoms with van der Waals surface area (Å²) < 4.78 is 13.6. The van der Waals surface area contributed by atoms with E-state index in [1.807, 2.05) is 12.1 Å². The molecule has 1 fully saturated rings. The van der Waals surface area contributed by atoms with Crippen molar-refractivity contribution >= 4 is 17.3 Å². The molecule has 0 spiro atoms. The summed E-state index contributed by atoms with van der Waals surface area (Å²) >= 11 is 0. The van der Waals surface area contributed by atoms with Crippen LogP contribution in [0.4, 0.5) is 15.9 Å². The predicted molar refractivity (Wildman–Crippen MR) is 93.4 cm³/mol. The van der Waals surface area contributed by atoms with Crippen LogP contribution in [-0.4, -0.2) is 41.1 Å². The largest absolute Gasteiger partial charge is 0.391 e. The van der Waals surface area contributed by atoms with Crippen molar-refractivity contribution in [2.24, 2.45) is 0 Å². The molecule has 0 unspecified atom stereocenters. The summed E-state index contributed by atoms with van der Waals surface area (Å²) in [7, 11) is 0. The Hall–Kier alpha value is -2.47. The van der Waals surface area contributed by atoms with Crippen LogP contribution < -0.4 is 9.80 Å². The summed E-state index contributed by atoms with van der Waals surface area (Å²) in [5, 5.41) is 10.1. The highest BCUT2D eigenvalue weighted by Gasteiger charge is 2.37. The Morgan fingerprint density at radius 3 is 2.96 bits per heavy atom. The molecule has 0 saturated carbocycles. The molecule has 1 saturated heterocycles. The Balaban J connectivity index is 1.79. The van der Waals surface area contributed by atoms with Gasteiger partial charge in [-0.1, -0.05) is 6.07 Å². The molecule has 25 heavy (non-hydrogen) atoms. The van der Waals surface area contributed by atoms with Gasteiger partial charge in [-0.15, -0.1) is 0 Å². The zero-order chi connectivity index (χ0) is 17.6. The van der Waals surface area contributed by atoms with Gasteiger partial charge in [-0.25, -0.2) is 9.37 Å². The van der Waals surface area contributed by atoms with Gasteiger partial charge in [0.15, 0.2) is 5.78 Å². The van der Waals surface area contributed by atoms with Crippen LogP contribution in [0, 0.1) is 5.82 Å². The fourth-order valence-electron chi connectivity index (χ4n) is 3.91.